The minimum absolute atomic E-state index is 0.213. The summed E-state index contributed by atoms with van der Waals surface area (Å²) in [6.45, 7) is 8.24. The van der Waals surface area contributed by atoms with Crippen LogP contribution in [0.15, 0.2) is 30.3 Å². The van der Waals surface area contributed by atoms with Gasteiger partial charge in [0.15, 0.2) is 0 Å². The van der Waals surface area contributed by atoms with E-state index in [1.165, 1.54) is 6.07 Å². The zero-order valence-corrected chi connectivity index (χ0v) is 17.4. The van der Waals surface area contributed by atoms with Gasteiger partial charge in [-0.15, -0.1) is 0 Å². The molecule has 2 aromatic carbocycles. The summed E-state index contributed by atoms with van der Waals surface area (Å²) < 4.78 is 14.5. The highest BCUT2D eigenvalue weighted by Gasteiger charge is 2.24. The van der Waals surface area contributed by atoms with Crippen LogP contribution < -0.4 is 16.0 Å². The molecule has 1 aliphatic rings. The van der Waals surface area contributed by atoms with Crippen LogP contribution in [0.1, 0.15) is 48.2 Å². The first-order valence-corrected chi connectivity index (χ1v) is 10.0. The fourth-order valence-electron chi connectivity index (χ4n) is 3.04. The minimum Gasteiger partial charge on any atom is -0.349 e. The Hall–Kier alpha value is -2.89. The molecule has 0 aliphatic heterocycles. The van der Waals surface area contributed by atoms with Crippen LogP contribution in [0.5, 0.6) is 0 Å². The maximum absolute atomic E-state index is 14.5. The molecule has 2 aromatic rings. The van der Waals surface area contributed by atoms with Crippen molar-refractivity contribution in [3.63, 3.8) is 0 Å². The first kappa shape index (κ1) is 20.8. The van der Waals surface area contributed by atoms with E-state index in [-0.39, 0.29) is 18.0 Å². The molecular weight excluding hydrogens is 369 g/mol. The largest absolute Gasteiger partial charge is 0.349 e. The molecule has 3 N–H and O–H groups in total. The van der Waals surface area contributed by atoms with Gasteiger partial charge in [-0.3, -0.25) is 4.79 Å². The van der Waals surface area contributed by atoms with Gasteiger partial charge in [-0.05, 0) is 79.1 Å². The van der Waals surface area contributed by atoms with Crippen molar-refractivity contribution >= 4 is 17.6 Å². The van der Waals surface area contributed by atoms with Crippen molar-refractivity contribution in [2.75, 3.05) is 11.9 Å². The zero-order chi connectivity index (χ0) is 21.1. The average Bonchev–Trinajstić information content (AvgIpc) is 3.47. The molecule has 1 fully saturated rings. The molecule has 3 amide bonds. The number of hydrogen-bond donors (Lipinski definition) is 3. The van der Waals surface area contributed by atoms with Crippen LogP contribution in [-0.2, 0) is 0 Å². The van der Waals surface area contributed by atoms with E-state index in [2.05, 4.69) is 16.0 Å². The number of aryl methyl sites for hydroxylation is 1. The fraction of sp³-hybridized carbons (Fsp3) is 0.391. The van der Waals surface area contributed by atoms with Gasteiger partial charge in [-0.25, -0.2) is 9.18 Å². The molecule has 1 aliphatic carbocycles. The van der Waals surface area contributed by atoms with Crippen molar-refractivity contribution in [1.82, 2.24) is 10.6 Å². The van der Waals surface area contributed by atoms with Crippen LogP contribution in [0.2, 0.25) is 0 Å². The third-order valence-corrected chi connectivity index (χ3v) is 4.98. The smallest absolute Gasteiger partial charge is 0.319 e. The lowest BCUT2D eigenvalue weighted by Crippen LogP contribution is -2.31. The fourth-order valence-corrected chi connectivity index (χ4v) is 3.04. The number of carbonyl (C=O) groups excluding carboxylic acids is 2. The second-order valence-electron chi connectivity index (χ2n) is 8.14. The van der Waals surface area contributed by atoms with E-state index in [0.717, 1.165) is 24.0 Å². The Kier molecular flexibility index (Phi) is 6.20. The molecule has 6 heteroatoms. The molecule has 0 spiro atoms. The number of halogens is 1. The molecule has 5 nitrogen and oxygen atoms in total. The summed E-state index contributed by atoms with van der Waals surface area (Å²) in [5.41, 5.74) is 3.83. The topological polar surface area (TPSA) is 70.2 Å². The highest BCUT2D eigenvalue weighted by molar-refractivity contribution is 5.96. The Bertz CT molecular complexity index is 936. The van der Waals surface area contributed by atoms with Gasteiger partial charge < -0.3 is 16.0 Å². The highest BCUT2D eigenvalue weighted by Crippen LogP contribution is 2.30. The SMILES string of the molecule is Cc1cc(-c2cc(C(=O)NC3CC3)cc(F)c2C)ccc1NC(=O)NCC(C)C. The van der Waals surface area contributed by atoms with Crippen LogP contribution in [0, 0.1) is 25.6 Å². The van der Waals surface area contributed by atoms with E-state index >= 15 is 0 Å². The van der Waals surface area contributed by atoms with Crippen molar-refractivity contribution in [2.45, 2.75) is 46.6 Å². The summed E-state index contributed by atoms with van der Waals surface area (Å²) in [5.74, 6) is -0.285. The van der Waals surface area contributed by atoms with E-state index in [9.17, 15) is 14.0 Å². The number of urea groups is 1. The second kappa shape index (κ2) is 8.64. The zero-order valence-electron chi connectivity index (χ0n) is 17.4. The quantitative estimate of drug-likeness (QED) is 0.657. The highest BCUT2D eigenvalue weighted by atomic mass is 19.1. The third-order valence-electron chi connectivity index (χ3n) is 4.98. The van der Waals surface area contributed by atoms with Crippen molar-refractivity contribution < 1.29 is 14.0 Å². The summed E-state index contributed by atoms with van der Waals surface area (Å²) in [6, 6.07) is 8.50. The molecule has 1 saturated carbocycles. The first-order valence-electron chi connectivity index (χ1n) is 10.0. The van der Waals surface area contributed by atoms with Gasteiger partial charge in [0.1, 0.15) is 5.82 Å². The summed E-state index contributed by atoms with van der Waals surface area (Å²) in [6.07, 6.45) is 1.96. The average molecular weight is 397 g/mol. The number of nitrogens with one attached hydrogen (secondary N) is 3. The molecule has 0 saturated heterocycles. The van der Waals surface area contributed by atoms with Gasteiger partial charge in [0, 0.05) is 23.8 Å². The van der Waals surface area contributed by atoms with Crippen molar-refractivity contribution in [2.24, 2.45) is 5.92 Å². The van der Waals surface area contributed by atoms with Gasteiger partial charge in [0.05, 0.1) is 0 Å². The van der Waals surface area contributed by atoms with Gasteiger partial charge in [0.2, 0.25) is 0 Å². The van der Waals surface area contributed by atoms with E-state index in [0.29, 0.717) is 34.8 Å². The standard InChI is InChI=1S/C23H28FN3O2/c1-13(2)12-25-23(29)27-21-8-5-16(9-14(21)3)19-10-17(11-20(24)15(19)4)22(28)26-18-6-7-18/h5,8-11,13,18H,6-7,12H2,1-4H3,(H,26,28)(H2,25,27,29). The Morgan fingerprint density at radius 1 is 1.14 bits per heavy atom. The molecule has 0 heterocycles. The third kappa shape index (κ3) is 5.34. The van der Waals surface area contributed by atoms with Gasteiger partial charge >= 0.3 is 6.03 Å². The molecule has 154 valence electrons. The van der Waals surface area contributed by atoms with E-state index in [1.54, 1.807) is 19.1 Å². The Morgan fingerprint density at radius 2 is 1.86 bits per heavy atom. The number of hydrogen-bond acceptors (Lipinski definition) is 2. The summed E-state index contributed by atoms with van der Waals surface area (Å²) in [5, 5.41) is 8.55. The predicted molar refractivity (Wildman–Crippen MR) is 114 cm³/mol. The summed E-state index contributed by atoms with van der Waals surface area (Å²) in [7, 11) is 0. The predicted octanol–water partition coefficient (Wildman–Crippen LogP) is 4.78. The lowest BCUT2D eigenvalue weighted by atomic mass is 9.95. The van der Waals surface area contributed by atoms with Crippen molar-refractivity contribution in [1.29, 1.82) is 0 Å². The minimum atomic E-state index is -0.406. The molecule has 3 rings (SSSR count). The number of carbonyl (C=O) groups is 2. The lowest BCUT2D eigenvalue weighted by molar-refractivity contribution is 0.0950. The molecule has 0 bridgehead atoms. The maximum Gasteiger partial charge on any atom is 0.319 e. The normalized spacial score (nSPS) is 13.3. The Balaban J connectivity index is 1.82. The van der Waals surface area contributed by atoms with Crippen LogP contribution in [0.3, 0.4) is 0 Å². The first-order chi connectivity index (χ1) is 13.7. The maximum atomic E-state index is 14.5. The Labute approximate surface area is 171 Å². The van der Waals surface area contributed by atoms with E-state index in [1.807, 2.05) is 32.9 Å². The lowest BCUT2D eigenvalue weighted by Gasteiger charge is -2.14. The molecular formula is C23H28FN3O2. The monoisotopic (exact) mass is 397 g/mol. The molecule has 0 radical (unpaired) electrons. The van der Waals surface area contributed by atoms with Crippen molar-refractivity contribution in [3.8, 4) is 11.1 Å². The van der Waals surface area contributed by atoms with Gasteiger partial charge in [0.25, 0.3) is 5.91 Å². The Morgan fingerprint density at radius 3 is 2.48 bits per heavy atom. The van der Waals surface area contributed by atoms with Crippen molar-refractivity contribution in [3.05, 3.63) is 52.8 Å². The molecule has 0 aromatic heterocycles. The number of rotatable bonds is 6. The summed E-state index contributed by atoms with van der Waals surface area (Å²) >= 11 is 0. The van der Waals surface area contributed by atoms with Crippen LogP contribution in [0.4, 0.5) is 14.9 Å². The van der Waals surface area contributed by atoms with E-state index in [4.69, 9.17) is 0 Å². The number of benzene rings is 2. The number of amides is 3. The van der Waals surface area contributed by atoms with E-state index < -0.39 is 5.82 Å². The molecule has 0 unspecified atom stereocenters. The van der Waals surface area contributed by atoms with Gasteiger partial charge in [-0.2, -0.15) is 0 Å². The van der Waals surface area contributed by atoms with Gasteiger partial charge in [-0.1, -0.05) is 19.9 Å². The van der Waals surface area contributed by atoms with Crippen LogP contribution in [0.25, 0.3) is 11.1 Å². The van der Waals surface area contributed by atoms with Crippen LogP contribution >= 0.6 is 0 Å². The molecule has 0 atom stereocenters. The number of anilines is 1. The molecule has 29 heavy (non-hydrogen) atoms. The van der Waals surface area contributed by atoms with Crippen LogP contribution in [-0.4, -0.2) is 24.5 Å². The summed E-state index contributed by atoms with van der Waals surface area (Å²) in [4.78, 5) is 24.4. The second-order valence-corrected chi connectivity index (χ2v) is 8.14.